The molecule has 0 aliphatic rings. The quantitative estimate of drug-likeness (QED) is 0.368. The fraction of sp³-hybridized carbons (Fsp3) is 0.500. The molecule has 3 nitrogen and oxygen atoms in total. The Morgan fingerprint density at radius 3 is 2.55 bits per heavy atom. The van der Waals surface area contributed by atoms with E-state index in [1.165, 1.54) is 6.08 Å². The summed E-state index contributed by atoms with van der Waals surface area (Å²) in [4.78, 5) is 20.7. The molecule has 1 amide bonds. The van der Waals surface area contributed by atoms with Crippen molar-refractivity contribution >= 4 is 12.2 Å². The average Bonchev–Trinajstić information content (AvgIpc) is 1.86. The van der Waals surface area contributed by atoms with Crippen LogP contribution in [0.25, 0.3) is 0 Å². The lowest BCUT2D eigenvalue weighted by Crippen LogP contribution is -2.22. The van der Waals surface area contributed by atoms with Crippen LogP contribution in [0.2, 0.25) is 0 Å². The first-order valence-corrected chi connectivity index (χ1v) is 3.53. The molecule has 0 fully saturated rings. The molecule has 0 aromatic rings. The number of carbonyl (C=O) groups excluding carboxylic acids is 2. The Labute approximate surface area is 66.5 Å². The normalized spacial score (nSPS) is 8.55. The summed E-state index contributed by atoms with van der Waals surface area (Å²) in [6, 6.07) is 0. The van der Waals surface area contributed by atoms with E-state index >= 15 is 0 Å². The fourth-order valence-electron chi connectivity index (χ4n) is 0.568. The molecule has 0 aromatic heterocycles. The molecule has 3 heteroatoms. The highest BCUT2D eigenvalue weighted by atomic mass is 16.1. The van der Waals surface area contributed by atoms with Gasteiger partial charge in [0, 0.05) is 19.0 Å². The number of amides is 1. The van der Waals surface area contributed by atoms with E-state index in [2.05, 4.69) is 5.32 Å². The van der Waals surface area contributed by atoms with E-state index in [0.717, 1.165) is 11.9 Å². The van der Waals surface area contributed by atoms with Crippen LogP contribution in [0, 0.1) is 0 Å². The van der Waals surface area contributed by atoms with Crippen LogP contribution in [0.4, 0.5) is 0 Å². The number of hydrogen-bond acceptors (Lipinski definition) is 2. The Balaban J connectivity index is 3.53. The SMILES string of the molecule is CC(C)=CC(=O)NCCC=O. The van der Waals surface area contributed by atoms with Gasteiger partial charge in [-0.3, -0.25) is 4.79 Å². The minimum Gasteiger partial charge on any atom is -0.352 e. The molecule has 0 bridgehead atoms. The van der Waals surface area contributed by atoms with Crippen molar-refractivity contribution in [3.8, 4) is 0 Å². The second kappa shape index (κ2) is 5.65. The van der Waals surface area contributed by atoms with Gasteiger partial charge in [-0.15, -0.1) is 0 Å². The van der Waals surface area contributed by atoms with Crippen LogP contribution >= 0.6 is 0 Å². The summed E-state index contributed by atoms with van der Waals surface area (Å²) in [6.07, 6.45) is 2.66. The van der Waals surface area contributed by atoms with Crippen molar-refractivity contribution in [1.82, 2.24) is 5.32 Å². The van der Waals surface area contributed by atoms with Crippen molar-refractivity contribution in [2.75, 3.05) is 6.54 Å². The molecule has 0 aliphatic heterocycles. The summed E-state index contributed by atoms with van der Waals surface area (Å²) in [5, 5.41) is 2.57. The maximum Gasteiger partial charge on any atom is 0.243 e. The molecule has 0 saturated carbocycles. The van der Waals surface area contributed by atoms with E-state index in [4.69, 9.17) is 0 Å². The van der Waals surface area contributed by atoms with E-state index in [1.807, 2.05) is 13.8 Å². The summed E-state index contributed by atoms with van der Waals surface area (Å²) in [5.41, 5.74) is 0.952. The minimum absolute atomic E-state index is 0.133. The Bertz CT molecular complexity index is 169. The van der Waals surface area contributed by atoms with Crippen molar-refractivity contribution in [1.29, 1.82) is 0 Å². The zero-order valence-electron chi connectivity index (χ0n) is 6.89. The van der Waals surface area contributed by atoms with Crippen LogP contribution in [0.5, 0.6) is 0 Å². The third-order valence-corrected chi connectivity index (χ3v) is 0.981. The molecule has 0 heterocycles. The number of nitrogens with one attached hydrogen (secondary N) is 1. The molecule has 62 valence electrons. The zero-order valence-corrected chi connectivity index (χ0v) is 6.89. The second-order valence-electron chi connectivity index (χ2n) is 2.47. The summed E-state index contributed by atoms with van der Waals surface area (Å²) < 4.78 is 0. The predicted octanol–water partition coefficient (Wildman–Crippen LogP) is 0.658. The molecule has 0 atom stereocenters. The van der Waals surface area contributed by atoms with Gasteiger partial charge in [0.15, 0.2) is 0 Å². The van der Waals surface area contributed by atoms with Gasteiger partial charge in [0.05, 0.1) is 0 Å². The number of allylic oxidation sites excluding steroid dienone is 1. The van der Waals surface area contributed by atoms with Gasteiger partial charge in [-0.1, -0.05) is 5.57 Å². The molecule has 0 rings (SSSR count). The Morgan fingerprint density at radius 2 is 2.09 bits per heavy atom. The highest BCUT2D eigenvalue weighted by Gasteiger charge is 1.92. The van der Waals surface area contributed by atoms with Gasteiger partial charge in [-0.2, -0.15) is 0 Å². The van der Waals surface area contributed by atoms with Crippen LogP contribution in [0.1, 0.15) is 20.3 Å². The van der Waals surface area contributed by atoms with E-state index in [9.17, 15) is 9.59 Å². The monoisotopic (exact) mass is 155 g/mol. The molecule has 0 unspecified atom stereocenters. The zero-order chi connectivity index (χ0) is 8.69. The van der Waals surface area contributed by atoms with Crippen LogP contribution in [0.3, 0.4) is 0 Å². The summed E-state index contributed by atoms with van der Waals surface area (Å²) in [5.74, 6) is -0.133. The fourth-order valence-corrected chi connectivity index (χ4v) is 0.568. The van der Waals surface area contributed by atoms with E-state index in [1.54, 1.807) is 0 Å². The summed E-state index contributed by atoms with van der Waals surface area (Å²) in [6.45, 7) is 4.12. The molecular formula is C8H13NO2. The van der Waals surface area contributed by atoms with Gasteiger partial charge >= 0.3 is 0 Å². The number of rotatable bonds is 4. The van der Waals surface area contributed by atoms with Crippen LogP contribution in [-0.4, -0.2) is 18.7 Å². The van der Waals surface area contributed by atoms with Crippen molar-refractivity contribution in [3.63, 3.8) is 0 Å². The second-order valence-corrected chi connectivity index (χ2v) is 2.47. The van der Waals surface area contributed by atoms with Crippen molar-refractivity contribution in [3.05, 3.63) is 11.6 Å². The first-order valence-electron chi connectivity index (χ1n) is 3.53. The molecule has 11 heavy (non-hydrogen) atoms. The highest BCUT2D eigenvalue weighted by molar-refractivity contribution is 5.88. The molecule has 0 saturated heterocycles. The predicted molar refractivity (Wildman–Crippen MR) is 43.1 cm³/mol. The van der Waals surface area contributed by atoms with Gasteiger partial charge in [0.1, 0.15) is 6.29 Å². The number of carbonyl (C=O) groups is 2. The minimum atomic E-state index is -0.133. The molecule has 0 aliphatic carbocycles. The van der Waals surface area contributed by atoms with Crippen molar-refractivity contribution in [2.45, 2.75) is 20.3 Å². The van der Waals surface area contributed by atoms with E-state index in [-0.39, 0.29) is 5.91 Å². The Hall–Kier alpha value is -1.12. The van der Waals surface area contributed by atoms with Gasteiger partial charge < -0.3 is 10.1 Å². The van der Waals surface area contributed by atoms with Crippen molar-refractivity contribution in [2.24, 2.45) is 0 Å². The largest absolute Gasteiger partial charge is 0.352 e. The smallest absolute Gasteiger partial charge is 0.243 e. The van der Waals surface area contributed by atoms with Gasteiger partial charge in [0.25, 0.3) is 0 Å². The third-order valence-electron chi connectivity index (χ3n) is 0.981. The van der Waals surface area contributed by atoms with Crippen LogP contribution < -0.4 is 5.32 Å². The van der Waals surface area contributed by atoms with Gasteiger partial charge in [-0.05, 0) is 13.8 Å². The standard InChI is InChI=1S/C8H13NO2/c1-7(2)6-8(11)9-4-3-5-10/h5-6H,3-4H2,1-2H3,(H,9,11). The molecule has 0 aromatic carbocycles. The van der Waals surface area contributed by atoms with Gasteiger partial charge in [-0.25, -0.2) is 0 Å². The van der Waals surface area contributed by atoms with Gasteiger partial charge in [0.2, 0.25) is 5.91 Å². The maximum atomic E-state index is 10.8. The lowest BCUT2D eigenvalue weighted by atomic mass is 10.3. The molecule has 0 radical (unpaired) electrons. The van der Waals surface area contributed by atoms with Crippen LogP contribution in [-0.2, 0) is 9.59 Å². The lowest BCUT2D eigenvalue weighted by molar-refractivity contribution is -0.116. The molecule has 1 N–H and O–H groups in total. The Kier molecular flexibility index (Phi) is 5.07. The number of aldehydes is 1. The van der Waals surface area contributed by atoms with E-state index < -0.39 is 0 Å². The Morgan fingerprint density at radius 1 is 1.45 bits per heavy atom. The molecular weight excluding hydrogens is 142 g/mol. The third kappa shape index (κ3) is 6.77. The topological polar surface area (TPSA) is 46.2 Å². The maximum absolute atomic E-state index is 10.8. The first kappa shape index (κ1) is 9.88. The highest BCUT2D eigenvalue weighted by Crippen LogP contribution is 1.86. The van der Waals surface area contributed by atoms with Crippen LogP contribution in [0.15, 0.2) is 11.6 Å². The average molecular weight is 155 g/mol. The lowest BCUT2D eigenvalue weighted by Gasteiger charge is -1.97. The van der Waals surface area contributed by atoms with Crippen molar-refractivity contribution < 1.29 is 9.59 Å². The summed E-state index contributed by atoms with van der Waals surface area (Å²) in [7, 11) is 0. The number of hydrogen-bond donors (Lipinski definition) is 1. The first-order chi connectivity index (χ1) is 5.16. The molecule has 0 spiro atoms. The van der Waals surface area contributed by atoms with E-state index in [0.29, 0.717) is 13.0 Å². The summed E-state index contributed by atoms with van der Waals surface area (Å²) >= 11 is 0.